The largest absolute Gasteiger partial charge is 1.00 e. The summed E-state index contributed by atoms with van der Waals surface area (Å²) in [5.41, 5.74) is 8.97. The molecule has 3 aromatic rings. The molecule has 0 N–H and O–H groups in total. The molecule has 0 saturated heterocycles. The summed E-state index contributed by atoms with van der Waals surface area (Å²) < 4.78 is 1.88. The van der Waals surface area contributed by atoms with Gasteiger partial charge in [0.05, 0.1) is 0 Å². The van der Waals surface area contributed by atoms with Gasteiger partial charge in [-0.2, -0.15) is 0 Å². The minimum Gasteiger partial charge on any atom is -1.00 e. The maximum atomic E-state index is 2.53. The Morgan fingerprint density at radius 2 is 0.786 bits per heavy atom. The smallest absolute Gasteiger partial charge is 1.00 e. The van der Waals surface area contributed by atoms with Crippen LogP contribution in [0, 0.1) is 0 Å². The third kappa shape index (κ3) is 2.53. The first kappa shape index (κ1) is 16.7. The van der Waals surface area contributed by atoms with Gasteiger partial charge in [-0.05, 0) is 0 Å². The van der Waals surface area contributed by atoms with E-state index in [4.69, 9.17) is 0 Å². The maximum Gasteiger partial charge on any atom is -1.00 e. The first-order valence-electron chi connectivity index (χ1n) is 10.1. The SMILES string of the molecule is C1=C[CH]([Zr+]([CH]2C=Cc3ccccc32)[CH]2C=Cc3ccccc32)c2ccccc21.[H-]. The van der Waals surface area contributed by atoms with E-state index in [0.29, 0.717) is 10.9 Å². The van der Waals surface area contributed by atoms with Crippen LogP contribution in [0.15, 0.2) is 91.0 Å². The van der Waals surface area contributed by atoms with Gasteiger partial charge in [0.15, 0.2) is 0 Å². The Bertz CT molecular complexity index is 1010. The first-order chi connectivity index (χ1) is 13.9. The van der Waals surface area contributed by atoms with Crippen LogP contribution in [0.5, 0.6) is 0 Å². The van der Waals surface area contributed by atoms with Crippen LogP contribution in [0.25, 0.3) is 18.2 Å². The van der Waals surface area contributed by atoms with Crippen molar-refractivity contribution in [2.45, 2.75) is 10.9 Å². The number of allylic oxidation sites excluding steroid dienone is 3. The summed E-state index contributed by atoms with van der Waals surface area (Å²) in [6.07, 6.45) is 14.7. The predicted molar refractivity (Wildman–Crippen MR) is 116 cm³/mol. The van der Waals surface area contributed by atoms with Crippen molar-refractivity contribution in [1.29, 1.82) is 0 Å². The number of hydrogen-bond acceptors (Lipinski definition) is 0. The van der Waals surface area contributed by atoms with Crippen LogP contribution in [0.4, 0.5) is 0 Å². The van der Waals surface area contributed by atoms with Crippen molar-refractivity contribution in [2.24, 2.45) is 0 Å². The molecule has 6 rings (SSSR count). The topological polar surface area (TPSA) is 0 Å². The molecule has 0 aliphatic heterocycles. The van der Waals surface area contributed by atoms with Crippen molar-refractivity contribution in [2.75, 3.05) is 0 Å². The molecular weight excluding hydrogens is 416 g/mol. The summed E-state index contributed by atoms with van der Waals surface area (Å²) in [6.45, 7) is 0. The number of rotatable bonds is 3. The van der Waals surface area contributed by atoms with Crippen LogP contribution < -0.4 is 0 Å². The molecule has 0 saturated carbocycles. The maximum absolute atomic E-state index is 2.53. The summed E-state index contributed by atoms with van der Waals surface area (Å²) in [5, 5.41) is 0. The number of hydrogen-bond donors (Lipinski definition) is 0. The molecule has 3 aliphatic carbocycles. The standard InChI is InChI=1S/3C9H7.Zr.H/c3*1-2-5-9-7-3-6-8(9)4-1;;/h3*1-7H;;/q;;;+1;-1. The Labute approximate surface area is 176 Å². The van der Waals surface area contributed by atoms with Crippen molar-refractivity contribution in [3.05, 3.63) is 124 Å². The van der Waals surface area contributed by atoms with E-state index in [1.54, 1.807) is 16.7 Å². The average molecular weight is 438 g/mol. The normalized spacial score (nSPS) is 22.9. The molecular formula is C27H22Zr. The second-order valence-corrected chi connectivity index (χ2v) is 14.9. The van der Waals surface area contributed by atoms with Gasteiger partial charge in [-0.15, -0.1) is 0 Å². The summed E-state index contributed by atoms with van der Waals surface area (Å²) in [7, 11) is 0. The second kappa shape index (κ2) is 6.68. The molecule has 0 heterocycles. The Kier molecular flexibility index (Phi) is 3.98. The Morgan fingerprint density at radius 3 is 1.14 bits per heavy atom. The predicted octanol–water partition coefficient (Wildman–Crippen LogP) is 7.02. The minimum absolute atomic E-state index is 0. The van der Waals surface area contributed by atoms with Crippen molar-refractivity contribution >= 4 is 18.2 Å². The molecule has 0 nitrogen and oxygen atoms in total. The fourth-order valence-electron chi connectivity index (χ4n) is 5.20. The summed E-state index contributed by atoms with van der Waals surface area (Å²) in [5.74, 6) is 0. The van der Waals surface area contributed by atoms with Crippen LogP contribution in [0.1, 0.15) is 45.7 Å². The van der Waals surface area contributed by atoms with Crippen molar-refractivity contribution in [3.63, 3.8) is 0 Å². The van der Waals surface area contributed by atoms with Crippen LogP contribution in [-0.4, -0.2) is 0 Å². The van der Waals surface area contributed by atoms with Gasteiger partial charge in [-0.3, -0.25) is 0 Å². The third-order valence-electron chi connectivity index (χ3n) is 6.48. The van der Waals surface area contributed by atoms with Gasteiger partial charge in [0, 0.05) is 0 Å². The van der Waals surface area contributed by atoms with Gasteiger partial charge in [0.25, 0.3) is 0 Å². The van der Waals surface area contributed by atoms with Crippen molar-refractivity contribution < 1.29 is 23.2 Å². The van der Waals surface area contributed by atoms with E-state index >= 15 is 0 Å². The van der Waals surface area contributed by atoms with E-state index < -0.39 is 21.8 Å². The Hall–Kier alpha value is -2.24. The first-order valence-corrected chi connectivity index (χ1v) is 14.3. The van der Waals surface area contributed by atoms with E-state index in [9.17, 15) is 0 Å². The van der Waals surface area contributed by atoms with Gasteiger partial charge < -0.3 is 1.43 Å². The molecule has 0 spiro atoms. The molecule has 0 aromatic heterocycles. The van der Waals surface area contributed by atoms with Crippen molar-refractivity contribution in [1.82, 2.24) is 0 Å². The van der Waals surface area contributed by atoms with Crippen LogP contribution in [0.2, 0.25) is 0 Å². The zero-order valence-corrected chi connectivity index (χ0v) is 18.1. The third-order valence-corrected chi connectivity index (χ3v) is 15.5. The van der Waals surface area contributed by atoms with Gasteiger partial charge >= 0.3 is 175 Å². The zero-order chi connectivity index (χ0) is 18.5. The van der Waals surface area contributed by atoms with E-state index in [-0.39, 0.29) is 1.43 Å². The molecule has 1 heteroatoms. The summed E-state index contributed by atoms with van der Waals surface area (Å²) >= 11 is -2.13. The Morgan fingerprint density at radius 1 is 0.464 bits per heavy atom. The van der Waals surface area contributed by atoms with Crippen LogP contribution >= 0.6 is 0 Å². The van der Waals surface area contributed by atoms with Gasteiger partial charge in [0.2, 0.25) is 0 Å². The summed E-state index contributed by atoms with van der Waals surface area (Å²) in [6, 6.07) is 27.1. The monoisotopic (exact) mass is 436 g/mol. The second-order valence-electron chi connectivity index (χ2n) is 7.90. The van der Waals surface area contributed by atoms with Crippen molar-refractivity contribution in [3.8, 4) is 0 Å². The Balaban J connectivity index is 0.00000181. The van der Waals surface area contributed by atoms with Gasteiger partial charge in [-0.1, -0.05) is 0 Å². The fourth-order valence-corrected chi connectivity index (χ4v) is 15.0. The molecule has 3 atom stereocenters. The summed E-state index contributed by atoms with van der Waals surface area (Å²) in [4.78, 5) is 0. The minimum atomic E-state index is -2.13. The number of benzene rings is 3. The van der Waals surface area contributed by atoms with Crippen LogP contribution in [0.3, 0.4) is 0 Å². The molecule has 28 heavy (non-hydrogen) atoms. The quantitative estimate of drug-likeness (QED) is 0.413. The van der Waals surface area contributed by atoms with Gasteiger partial charge in [0.1, 0.15) is 0 Å². The fraction of sp³-hybridized carbons (Fsp3) is 0.111. The van der Waals surface area contributed by atoms with Crippen LogP contribution in [-0.2, 0) is 21.8 Å². The molecule has 3 aromatic carbocycles. The zero-order valence-electron chi connectivity index (χ0n) is 16.6. The molecule has 0 amide bonds. The molecule has 3 aliphatic rings. The van der Waals surface area contributed by atoms with E-state index in [0.717, 1.165) is 0 Å². The molecule has 0 fully saturated rings. The number of fused-ring (bicyclic) bond motifs is 3. The van der Waals surface area contributed by atoms with E-state index in [1.165, 1.54) is 16.7 Å². The molecule has 134 valence electrons. The molecule has 0 radical (unpaired) electrons. The van der Waals surface area contributed by atoms with E-state index in [1.807, 2.05) is 0 Å². The average Bonchev–Trinajstić information content (AvgIpc) is 3.47. The molecule has 0 bridgehead atoms. The molecule has 3 unspecified atom stereocenters. The van der Waals surface area contributed by atoms with Gasteiger partial charge in [-0.25, -0.2) is 0 Å². The van der Waals surface area contributed by atoms with E-state index in [2.05, 4.69) is 109 Å².